The summed E-state index contributed by atoms with van der Waals surface area (Å²) in [5.41, 5.74) is 0.169. The molecule has 1 N–H and O–H groups in total. The van der Waals surface area contributed by atoms with Gasteiger partial charge < -0.3 is 5.11 Å². The van der Waals surface area contributed by atoms with E-state index in [9.17, 15) is 39.9 Å². The number of hydrogen-bond acceptors (Lipinski definition) is 2. The van der Waals surface area contributed by atoms with Crippen molar-refractivity contribution >= 4 is 5.97 Å². The van der Waals surface area contributed by atoms with Gasteiger partial charge in [0.1, 0.15) is 0 Å². The van der Waals surface area contributed by atoms with E-state index < -0.39 is 48.8 Å². The van der Waals surface area contributed by atoms with Crippen LogP contribution in [0.1, 0.15) is 49.8 Å². The molecule has 0 aliphatic carbocycles. The van der Waals surface area contributed by atoms with E-state index in [1.54, 1.807) is 6.92 Å². The highest BCUT2D eigenvalue weighted by molar-refractivity contribution is 5.67. The third-order valence-corrected chi connectivity index (χ3v) is 5.28. The number of alkyl halides is 8. The van der Waals surface area contributed by atoms with Gasteiger partial charge in [-0.15, -0.1) is 6.42 Å². The van der Waals surface area contributed by atoms with Gasteiger partial charge in [0, 0.05) is 25.4 Å². The molecule has 1 aliphatic rings. The molecule has 3 nitrogen and oxygen atoms in total. The van der Waals surface area contributed by atoms with Gasteiger partial charge in [0.15, 0.2) is 0 Å². The van der Waals surface area contributed by atoms with Crippen LogP contribution in [0.5, 0.6) is 0 Å². The fourth-order valence-electron chi connectivity index (χ4n) is 3.45. The molecule has 0 radical (unpaired) electrons. The summed E-state index contributed by atoms with van der Waals surface area (Å²) in [6.07, 6.45) is -6.75. The van der Waals surface area contributed by atoms with Crippen molar-refractivity contribution in [1.29, 1.82) is 0 Å². The average Bonchev–Trinajstić information content (AvgIpc) is 2.71. The van der Waals surface area contributed by atoms with Crippen LogP contribution < -0.4 is 0 Å². The SMILES string of the molecule is C#CC(=C)C.O=C(O)CC1CCN(CCC(F)(F)C(F)(F)F)[C@H](c2ccc(C(F)(F)F)cc2)C1. The topological polar surface area (TPSA) is 40.5 Å². The van der Waals surface area contributed by atoms with E-state index in [1.807, 2.05) is 0 Å². The lowest BCUT2D eigenvalue weighted by Crippen LogP contribution is -2.43. The molecule has 0 bridgehead atoms. The predicted octanol–water partition coefficient (Wildman–Crippen LogP) is 6.72. The lowest BCUT2D eigenvalue weighted by atomic mass is 9.85. The van der Waals surface area contributed by atoms with E-state index in [0.717, 1.165) is 29.8 Å². The summed E-state index contributed by atoms with van der Waals surface area (Å²) in [6.45, 7) is 4.67. The molecular weight excluding hydrogens is 474 g/mol. The van der Waals surface area contributed by atoms with Gasteiger partial charge in [-0.2, -0.15) is 35.1 Å². The van der Waals surface area contributed by atoms with Gasteiger partial charge in [0.25, 0.3) is 0 Å². The molecule has 0 saturated carbocycles. The van der Waals surface area contributed by atoms with Crippen LogP contribution in [0, 0.1) is 18.3 Å². The second-order valence-corrected chi connectivity index (χ2v) is 8.04. The van der Waals surface area contributed by atoms with Gasteiger partial charge in [-0.1, -0.05) is 24.6 Å². The summed E-state index contributed by atoms with van der Waals surface area (Å²) in [5.74, 6) is -4.01. The average molecular weight is 499 g/mol. The van der Waals surface area contributed by atoms with Crippen LogP contribution in [0.25, 0.3) is 0 Å². The lowest BCUT2D eigenvalue weighted by Gasteiger charge is -2.40. The van der Waals surface area contributed by atoms with Crippen molar-refractivity contribution in [2.75, 3.05) is 13.1 Å². The smallest absolute Gasteiger partial charge is 0.453 e. The van der Waals surface area contributed by atoms with Crippen molar-refractivity contribution in [2.24, 2.45) is 5.92 Å². The first-order valence-electron chi connectivity index (χ1n) is 10.2. The largest absolute Gasteiger partial charge is 0.481 e. The molecule has 1 unspecified atom stereocenters. The molecule has 0 spiro atoms. The zero-order valence-corrected chi connectivity index (χ0v) is 18.3. The fourth-order valence-corrected chi connectivity index (χ4v) is 3.45. The van der Waals surface area contributed by atoms with Crippen molar-refractivity contribution in [1.82, 2.24) is 4.90 Å². The molecule has 1 aliphatic heterocycles. The number of terminal acetylenes is 1. The Hall–Kier alpha value is -2.61. The van der Waals surface area contributed by atoms with Gasteiger partial charge in [-0.05, 0) is 55.5 Å². The Kier molecular flexibility index (Phi) is 10.1. The Morgan fingerprint density at radius 1 is 1.15 bits per heavy atom. The van der Waals surface area contributed by atoms with Crippen LogP contribution in [-0.4, -0.2) is 41.2 Å². The fraction of sp³-hybridized carbons (Fsp3) is 0.522. The number of rotatable bonds is 6. The lowest BCUT2D eigenvalue weighted by molar-refractivity contribution is -0.285. The summed E-state index contributed by atoms with van der Waals surface area (Å²) in [4.78, 5) is 12.3. The van der Waals surface area contributed by atoms with Crippen LogP contribution in [0.4, 0.5) is 35.1 Å². The molecule has 0 amide bonds. The molecule has 2 atom stereocenters. The Morgan fingerprint density at radius 2 is 1.68 bits per heavy atom. The first kappa shape index (κ1) is 29.4. The molecule has 1 saturated heterocycles. The number of benzene rings is 1. The zero-order chi connectivity index (χ0) is 26.3. The summed E-state index contributed by atoms with van der Waals surface area (Å²) >= 11 is 0. The number of aliphatic carboxylic acids is 1. The van der Waals surface area contributed by atoms with E-state index in [1.165, 1.54) is 4.90 Å². The normalized spacial score (nSPS) is 19.5. The standard InChI is InChI=1S/C18H19F8NO2.C5H6/c19-16(20,18(24,25)26)6-8-27-7-5-11(10-15(28)29)9-14(27)12-1-3-13(4-2-12)17(21,22)23;1-4-5(2)3/h1-4,11,14H,5-10H2,(H,28,29);1H,2H2,3H3/t11?,14-;/m0./s1. The van der Waals surface area contributed by atoms with E-state index in [4.69, 9.17) is 11.5 Å². The molecule has 0 aromatic heterocycles. The van der Waals surface area contributed by atoms with Gasteiger partial charge in [0.05, 0.1) is 5.56 Å². The van der Waals surface area contributed by atoms with E-state index in [0.29, 0.717) is 5.56 Å². The first-order chi connectivity index (χ1) is 15.5. The van der Waals surface area contributed by atoms with Crippen LogP contribution in [0.15, 0.2) is 36.4 Å². The molecular formula is C23H25F8NO2. The molecule has 11 heteroatoms. The number of carboxylic acid groups (broad SMARTS) is 1. The molecule has 1 aromatic rings. The summed E-state index contributed by atoms with van der Waals surface area (Å²) in [6, 6.07) is 3.15. The third kappa shape index (κ3) is 8.97. The number of halogens is 8. The number of allylic oxidation sites excluding steroid dienone is 1. The molecule has 190 valence electrons. The van der Waals surface area contributed by atoms with Gasteiger partial charge in [-0.3, -0.25) is 9.69 Å². The van der Waals surface area contributed by atoms with Crippen molar-refractivity contribution in [3.63, 3.8) is 0 Å². The number of likely N-dealkylation sites (tertiary alicyclic amines) is 1. The van der Waals surface area contributed by atoms with Crippen molar-refractivity contribution in [3.8, 4) is 12.3 Å². The maximum absolute atomic E-state index is 13.3. The van der Waals surface area contributed by atoms with E-state index >= 15 is 0 Å². The van der Waals surface area contributed by atoms with Crippen molar-refractivity contribution in [2.45, 2.75) is 56.9 Å². The highest BCUT2D eigenvalue weighted by Gasteiger charge is 2.57. The summed E-state index contributed by atoms with van der Waals surface area (Å²) in [7, 11) is 0. The number of piperidine rings is 1. The Bertz CT molecular complexity index is 869. The minimum atomic E-state index is -5.70. The maximum Gasteiger partial charge on any atom is 0.453 e. The van der Waals surface area contributed by atoms with Gasteiger partial charge in [0.2, 0.25) is 0 Å². The number of nitrogens with zero attached hydrogens (tertiary/aromatic N) is 1. The van der Waals surface area contributed by atoms with Crippen molar-refractivity contribution in [3.05, 3.63) is 47.5 Å². The molecule has 1 fully saturated rings. The number of hydrogen-bond donors (Lipinski definition) is 1. The number of carbonyl (C=O) groups is 1. The van der Waals surface area contributed by atoms with E-state index in [2.05, 4.69) is 12.5 Å². The minimum Gasteiger partial charge on any atom is -0.481 e. The highest BCUT2D eigenvalue weighted by atomic mass is 19.4. The maximum atomic E-state index is 13.3. The Labute approximate surface area is 192 Å². The Balaban J connectivity index is 0.00000104. The van der Waals surface area contributed by atoms with E-state index in [-0.39, 0.29) is 31.7 Å². The zero-order valence-electron chi connectivity index (χ0n) is 18.3. The molecule has 1 heterocycles. The molecule has 1 aromatic carbocycles. The number of carboxylic acids is 1. The molecule has 2 rings (SSSR count). The predicted molar refractivity (Wildman–Crippen MR) is 110 cm³/mol. The monoisotopic (exact) mass is 499 g/mol. The second-order valence-electron chi connectivity index (χ2n) is 8.04. The van der Waals surface area contributed by atoms with Crippen LogP contribution in [-0.2, 0) is 11.0 Å². The van der Waals surface area contributed by atoms with Gasteiger partial charge in [-0.25, -0.2) is 0 Å². The third-order valence-electron chi connectivity index (χ3n) is 5.28. The first-order valence-corrected chi connectivity index (χ1v) is 10.2. The van der Waals surface area contributed by atoms with Crippen LogP contribution in [0.2, 0.25) is 0 Å². The van der Waals surface area contributed by atoms with Crippen LogP contribution in [0.3, 0.4) is 0 Å². The van der Waals surface area contributed by atoms with Crippen molar-refractivity contribution < 1.29 is 45.0 Å². The highest BCUT2D eigenvalue weighted by Crippen LogP contribution is 2.41. The van der Waals surface area contributed by atoms with Gasteiger partial charge >= 0.3 is 24.2 Å². The summed E-state index contributed by atoms with van der Waals surface area (Å²) < 4.78 is 102. The quantitative estimate of drug-likeness (QED) is 0.349. The Morgan fingerprint density at radius 3 is 2.09 bits per heavy atom. The minimum absolute atomic E-state index is 0.0670. The summed E-state index contributed by atoms with van der Waals surface area (Å²) in [5, 5.41) is 8.95. The second kappa shape index (κ2) is 11.7. The van der Waals surface area contributed by atoms with Crippen LogP contribution >= 0.6 is 0 Å². The molecule has 34 heavy (non-hydrogen) atoms.